The molecule has 1 aliphatic heterocycles. The number of nitrogens with one attached hydrogen (secondary N) is 2. The summed E-state index contributed by atoms with van der Waals surface area (Å²) in [6.45, 7) is 1.41. The summed E-state index contributed by atoms with van der Waals surface area (Å²) in [6.07, 6.45) is 0.637. The average Bonchev–Trinajstić information content (AvgIpc) is 3.00. The summed E-state index contributed by atoms with van der Waals surface area (Å²) in [5, 5.41) is 5.69. The first-order chi connectivity index (χ1) is 21.5. The molecule has 1 heterocycles. The zero-order valence-electron chi connectivity index (χ0n) is 24.7. The Labute approximate surface area is 257 Å². The molecule has 2 aromatic rings. The van der Waals surface area contributed by atoms with Crippen molar-refractivity contribution in [2.24, 2.45) is 0 Å². The van der Waals surface area contributed by atoms with Crippen LogP contribution in [0.5, 0.6) is 11.5 Å². The van der Waals surface area contributed by atoms with Crippen molar-refractivity contribution in [3.63, 3.8) is 0 Å². The SMILES string of the molecule is O=C1COc2c(CCNCCN(C(=O)CCOCCc3ccc(F)cc3F)C3CCCCC3)ccc(OC(=O)C(F)(F)F)c2N1. The summed E-state index contributed by atoms with van der Waals surface area (Å²) in [5.74, 6) is -4.67. The third kappa shape index (κ3) is 9.85. The third-order valence-corrected chi connectivity index (χ3v) is 7.67. The minimum Gasteiger partial charge on any atom is -0.481 e. The van der Waals surface area contributed by atoms with Crippen molar-refractivity contribution in [1.29, 1.82) is 0 Å². The molecule has 2 amide bonds. The van der Waals surface area contributed by atoms with Crippen molar-refractivity contribution in [1.82, 2.24) is 10.2 Å². The van der Waals surface area contributed by atoms with Crippen molar-refractivity contribution in [3.8, 4) is 11.5 Å². The normalized spacial score (nSPS) is 15.2. The van der Waals surface area contributed by atoms with Crippen molar-refractivity contribution in [2.75, 3.05) is 44.8 Å². The van der Waals surface area contributed by atoms with E-state index in [0.29, 0.717) is 37.2 Å². The predicted molar refractivity (Wildman–Crippen MR) is 153 cm³/mol. The summed E-state index contributed by atoms with van der Waals surface area (Å²) >= 11 is 0. The van der Waals surface area contributed by atoms with Gasteiger partial charge in [0, 0.05) is 25.2 Å². The van der Waals surface area contributed by atoms with E-state index in [0.717, 1.165) is 38.2 Å². The van der Waals surface area contributed by atoms with Crippen LogP contribution in [0.2, 0.25) is 0 Å². The predicted octanol–water partition coefficient (Wildman–Crippen LogP) is 4.71. The van der Waals surface area contributed by atoms with Gasteiger partial charge in [-0.3, -0.25) is 9.59 Å². The van der Waals surface area contributed by atoms with Gasteiger partial charge in [-0.05, 0) is 55.5 Å². The molecule has 0 aromatic heterocycles. The van der Waals surface area contributed by atoms with E-state index in [9.17, 15) is 36.3 Å². The molecule has 2 aliphatic rings. The number of halogens is 5. The Hall–Kier alpha value is -3.78. The molecule has 9 nitrogen and oxygen atoms in total. The van der Waals surface area contributed by atoms with Crippen LogP contribution in [0.25, 0.3) is 0 Å². The fourth-order valence-electron chi connectivity index (χ4n) is 5.41. The van der Waals surface area contributed by atoms with E-state index in [-0.39, 0.29) is 56.0 Å². The number of benzene rings is 2. The van der Waals surface area contributed by atoms with Gasteiger partial charge in [0.25, 0.3) is 5.91 Å². The Balaban J connectivity index is 1.26. The molecule has 0 atom stereocenters. The summed E-state index contributed by atoms with van der Waals surface area (Å²) < 4.78 is 80.5. The number of hydrogen-bond donors (Lipinski definition) is 2. The number of amides is 2. The lowest BCUT2D eigenvalue weighted by molar-refractivity contribution is -0.189. The molecule has 246 valence electrons. The molecular formula is C31H36F5N3O6. The highest BCUT2D eigenvalue weighted by atomic mass is 19.4. The van der Waals surface area contributed by atoms with Gasteiger partial charge in [0.2, 0.25) is 5.91 Å². The molecule has 0 saturated heterocycles. The van der Waals surface area contributed by atoms with Gasteiger partial charge in [-0.1, -0.05) is 31.4 Å². The number of alkyl halides is 3. The van der Waals surface area contributed by atoms with Gasteiger partial charge in [0.15, 0.2) is 18.1 Å². The van der Waals surface area contributed by atoms with Crippen LogP contribution in [0.4, 0.5) is 27.6 Å². The summed E-state index contributed by atoms with van der Waals surface area (Å²) in [7, 11) is 0. The highest BCUT2D eigenvalue weighted by Crippen LogP contribution is 2.40. The lowest BCUT2D eigenvalue weighted by Crippen LogP contribution is -2.45. The highest BCUT2D eigenvalue weighted by molar-refractivity contribution is 5.98. The fourth-order valence-corrected chi connectivity index (χ4v) is 5.41. The number of carbonyl (C=O) groups is 3. The third-order valence-electron chi connectivity index (χ3n) is 7.67. The largest absolute Gasteiger partial charge is 0.491 e. The minimum absolute atomic E-state index is 0.0427. The molecule has 1 fully saturated rings. The maximum Gasteiger partial charge on any atom is 0.491 e. The molecule has 2 N–H and O–H groups in total. The van der Waals surface area contributed by atoms with Crippen LogP contribution in [0, 0.1) is 11.6 Å². The number of rotatable bonds is 14. The van der Waals surface area contributed by atoms with Crippen LogP contribution in [0.3, 0.4) is 0 Å². The van der Waals surface area contributed by atoms with E-state index in [1.54, 1.807) is 0 Å². The Kier molecular flexibility index (Phi) is 12.1. The van der Waals surface area contributed by atoms with Gasteiger partial charge >= 0.3 is 12.1 Å². The summed E-state index contributed by atoms with van der Waals surface area (Å²) in [6, 6.07) is 6.16. The molecule has 14 heteroatoms. The number of hydrogen-bond acceptors (Lipinski definition) is 7. The first kappa shape index (κ1) is 34.1. The number of ether oxygens (including phenoxy) is 3. The van der Waals surface area contributed by atoms with E-state index >= 15 is 0 Å². The molecule has 0 unspecified atom stereocenters. The van der Waals surface area contributed by atoms with Gasteiger partial charge in [0.05, 0.1) is 19.6 Å². The van der Waals surface area contributed by atoms with Crippen LogP contribution in [0.1, 0.15) is 49.7 Å². The van der Waals surface area contributed by atoms with E-state index in [1.807, 2.05) is 4.90 Å². The van der Waals surface area contributed by atoms with Crippen molar-refractivity contribution in [3.05, 3.63) is 53.1 Å². The van der Waals surface area contributed by atoms with Crippen molar-refractivity contribution < 1.29 is 50.5 Å². The van der Waals surface area contributed by atoms with Crippen LogP contribution in [0.15, 0.2) is 30.3 Å². The molecule has 2 aromatic carbocycles. The number of fused-ring (bicyclic) bond motifs is 1. The smallest absolute Gasteiger partial charge is 0.481 e. The summed E-state index contributed by atoms with van der Waals surface area (Å²) in [5.41, 5.74) is 0.790. The number of anilines is 1. The Bertz CT molecular complexity index is 1350. The molecule has 0 bridgehead atoms. The lowest BCUT2D eigenvalue weighted by Gasteiger charge is -2.34. The molecule has 0 radical (unpaired) electrons. The van der Waals surface area contributed by atoms with Gasteiger partial charge in [0.1, 0.15) is 17.3 Å². The van der Waals surface area contributed by atoms with Gasteiger partial charge < -0.3 is 29.7 Å². The monoisotopic (exact) mass is 641 g/mol. The minimum atomic E-state index is -5.21. The lowest BCUT2D eigenvalue weighted by atomic mass is 9.94. The average molecular weight is 642 g/mol. The second kappa shape index (κ2) is 16.0. The summed E-state index contributed by atoms with van der Waals surface area (Å²) in [4.78, 5) is 38.2. The van der Waals surface area contributed by atoms with E-state index in [1.165, 1.54) is 24.3 Å². The van der Waals surface area contributed by atoms with Crippen LogP contribution in [-0.4, -0.2) is 74.4 Å². The number of esters is 1. The highest BCUT2D eigenvalue weighted by Gasteiger charge is 2.42. The molecule has 1 saturated carbocycles. The first-order valence-electron chi connectivity index (χ1n) is 14.9. The van der Waals surface area contributed by atoms with Crippen molar-refractivity contribution in [2.45, 2.75) is 63.6 Å². The number of nitrogens with zero attached hydrogens (tertiary/aromatic N) is 1. The fraction of sp³-hybridized carbons (Fsp3) is 0.516. The Morgan fingerprint density at radius 2 is 1.76 bits per heavy atom. The van der Waals surface area contributed by atoms with E-state index in [2.05, 4.69) is 15.4 Å². The second-order valence-corrected chi connectivity index (χ2v) is 10.9. The van der Waals surface area contributed by atoms with Crippen LogP contribution >= 0.6 is 0 Å². The maximum atomic E-state index is 13.8. The standard InChI is InChI=1S/C31H36F5N3O6/c32-22-8-6-20(24(33)18-22)11-16-43-17-12-27(41)39(23-4-2-1-3-5-23)15-14-37-13-10-21-7-9-25(45-30(42)31(34,35)36)28-29(21)44-19-26(40)38-28/h6-9,18,23,37H,1-5,10-17,19H2,(H,38,40). The molecule has 45 heavy (non-hydrogen) atoms. The van der Waals surface area contributed by atoms with Crippen LogP contribution < -0.4 is 20.1 Å². The zero-order valence-corrected chi connectivity index (χ0v) is 24.7. The second-order valence-electron chi connectivity index (χ2n) is 10.9. The molecule has 1 aliphatic carbocycles. The Morgan fingerprint density at radius 3 is 2.49 bits per heavy atom. The number of carbonyl (C=O) groups excluding carboxylic acids is 3. The molecular weight excluding hydrogens is 605 g/mol. The Morgan fingerprint density at radius 1 is 1.00 bits per heavy atom. The van der Waals surface area contributed by atoms with Gasteiger partial charge in [-0.15, -0.1) is 0 Å². The molecule has 0 spiro atoms. The van der Waals surface area contributed by atoms with E-state index < -0.39 is 35.4 Å². The zero-order chi connectivity index (χ0) is 32.4. The topological polar surface area (TPSA) is 106 Å². The van der Waals surface area contributed by atoms with E-state index in [4.69, 9.17) is 9.47 Å². The van der Waals surface area contributed by atoms with Crippen molar-refractivity contribution >= 4 is 23.5 Å². The van der Waals surface area contributed by atoms with Gasteiger partial charge in [-0.2, -0.15) is 13.2 Å². The quantitative estimate of drug-likeness (QED) is 0.133. The molecule has 4 rings (SSSR count). The van der Waals surface area contributed by atoms with Gasteiger partial charge in [-0.25, -0.2) is 13.6 Å². The maximum absolute atomic E-state index is 13.8. The first-order valence-corrected chi connectivity index (χ1v) is 14.9. The van der Waals surface area contributed by atoms with Crippen LogP contribution in [-0.2, 0) is 32.0 Å².